The van der Waals surface area contributed by atoms with Crippen LogP contribution in [0.5, 0.6) is 11.5 Å². The minimum absolute atomic E-state index is 0.104. The third-order valence-corrected chi connectivity index (χ3v) is 4.82. The van der Waals surface area contributed by atoms with Crippen LogP contribution >= 0.6 is 0 Å². The fourth-order valence-electron chi connectivity index (χ4n) is 3.41. The van der Waals surface area contributed by atoms with E-state index in [1.807, 2.05) is 24.3 Å². The van der Waals surface area contributed by atoms with Gasteiger partial charge in [-0.3, -0.25) is 0 Å². The molecular formula is C23H27NO4. The van der Waals surface area contributed by atoms with Gasteiger partial charge in [0, 0.05) is 17.6 Å². The van der Waals surface area contributed by atoms with Gasteiger partial charge in [-0.15, -0.1) is 0 Å². The number of aromatic hydroxyl groups is 1. The van der Waals surface area contributed by atoms with E-state index < -0.39 is 0 Å². The quantitative estimate of drug-likeness (QED) is 0.599. The van der Waals surface area contributed by atoms with Gasteiger partial charge in [0.1, 0.15) is 11.5 Å². The number of fused-ring (bicyclic) bond motifs is 1. The maximum atomic E-state index is 11.6. The van der Waals surface area contributed by atoms with Crippen molar-refractivity contribution in [1.29, 1.82) is 0 Å². The van der Waals surface area contributed by atoms with Gasteiger partial charge in [-0.1, -0.05) is 32.0 Å². The van der Waals surface area contributed by atoms with Crippen LogP contribution in [0.15, 0.2) is 42.5 Å². The molecule has 0 amide bonds. The van der Waals surface area contributed by atoms with Crippen LogP contribution in [0.1, 0.15) is 43.5 Å². The Morgan fingerprint density at radius 1 is 1.18 bits per heavy atom. The monoisotopic (exact) mass is 381 g/mol. The molecule has 3 rings (SSSR count). The summed E-state index contributed by atoms with van der Waals surface area (Å²) in [5.74, 6) is 0.884. The van der Waals surface area contributed by atoms with E-state index in [0.717, 1.165) is 27.7 Å². The number of aromatic nitrogens is 1. The molecule has 0 saturated carbocycles. The van der Waals surface area contributed by atoms with E-state index >= 15 is 0 Å². The summed E-state index contributed by atoms with van der Waals surface area (Å²) in [6, 6.07) is 13.7. The van der Waals surface area contributed by atoms with Crippen molar-refractivity contribution >= 4 is 16.9 Å². The van der Waals surface area contributed by atoms with E-state index in [2.05, 4.69) is 37.5 Å². The standard InChI is InChI=1S/C23H27NO4/c1-5-27-23(26)14-28-22-8-6-7-20-19(22)11-16(4)24(20)13-17-9-10-21(25)18(12-17)15(2)3/h6-12,15,25H,5,13-14H2,1-4H3. The molecule has 0 aliphatic heterocycles. The molecule has 2 aromatic carbocycles. The van der Waals surface area contributed by atoms with Gasteiger partial charge in [0.2, 0.25) is 0 Å². The molecule has 0 atom stereocenters. The fourth-order valence-corrected chi connectivity index (χ4v) is 3.41. The lowest BCUT2D eigenvalue weighted by Crippen LogP contribution is -2.14. The number of carbonyl (C=O) groups is 1. The van der Waals surface area contributed by atoms with Gasteiger partial charge in [-0.25, -0.2) is 4.79 Å². The minimum Gasteiger partial charge on any atom is -0.508 e. The topological polar surface area (TPSA) is 60.7 Å². The Balaban J connectivity index is 1.91. The van der Waals surface area contributed by atoms with Crippen LogP contribution in [0.4, 0.5) is 0 Å². The lowest BCUT2D eigenvalue weighted by Gasteiger charge is -2.13. The van der Waals surface area contributed by atoms with Gasteiger partial charge < -0.3 is 19.1 Å². The van der Waals surface area contributed by atoms with Crippen LogP contribution in [0.3, 0.4) is 0 Å². The number of hydrogen-bond donors (Lipinski definition) is 1. The molecule has 0 aliphatic carbocycles. The smallest absolute Gasteiger partial charge is 0.344 e. The number of nitrogens with zero attached hydrogens (tertiary/aromatic N) is 1. The molecule has 1 aromatic heterocycles. The average molecular weight is 381 g/mol. The van der Waals surface area contributed by atoms with Crippen LogP contribution in [0, 0.1) is 6.92 Å². The number of benzene rings is 2. The predicted octanol–water partition coefficient (Wildman–Crippen LogP) is 4.77. The van der Waals surface area contributed by atoms with E-state index in [1.54, 1.807) is 13.0 Å². The highest BCUT2D eigenvalue weighted by Crippen LogP contribution is 2.31. The molecule has 0 aliphatic rings. The molecule has 5 nitrogen and oxygen atoms in total. The van der Waals surface area contributed by atoms with Gasteiger partial charge in [0.05, 0.1) is 12.1 Å². The van der Waals surface area contributed by atoms with Crippen molar-refractivity contribution in [3.05, 3.63) is 59.3 Å². The van der Waals surface area contributed by atoms with Crippen molar-refractivity contribution in [3.63, 3.8) is 0 Å². The van der Waals surface area contributed by atoms with Crippen molar-refractivity contribution < 1.29 is 19.4 Å². The molecule has 3 aromatic rings. The largest absolute Gasteiger partial charge is 0.508 e. The maximum absolute atomic E-state index is 11.6. The molecule has 5 heteroatoms. The SMILES string of the molecule is CCOC(=O)COc1cccc2c1cc(C)n2Cc1ccc(O)c(C(C)C)c1. The molecule has 0 fully saturated rings. The van der Waals surface area contributed by atoms with Crippen LogP contribution in [-0.4, -0.2) is 28.9 Å². The lowest BCUT2D eigenvalue weighted by molar-refractivity contribution is -0.145. The normalized spacial score (nSPS) is 11.2. The highest BCUT2D eigenvalue weighted by Gasteiger charge is 2.13. The van der Waals surface area contributed by atoms with Gasteiger partial charge in [0.25, 0.3) is 0 Å². The second-order valence-electron chi connectivity index (χ2n) is 7.20. The molecule has 1 heterocycles. The van der Waals surface area contributed by atoms with Crippen molar-refractivity contribution in [2.75, 3.05) is 13.2 Å². The van der Waals surface area contributed by atoms with Crippen LogP contribution in [0.25, 0.3) is 10.9 Å². The Morgan fingerprint density at radius 3 is 2.68 bits per heavy atom. The van der Waals surface area contributed by atoms with Crippen molar-refractivity contribution in [2.24, 2.45) is 0 Å². The van der Waals surface area contributed by atoms with Gasteiger partial charge in [-0.05, 0) is 55.2 Å². The Kier molecular flexibility index (Phi) is 5.93. The fraction of sp³-hybridized carbons (Fsp3) is 0.348. The Morgan fingerprint density at radius 2 is 1.96 bits per heavy atom. The Bertz CT molecular complexity index is 988. The van der Waals surface area contributed by atoms with Crippen molar-refractivity contribution in [2.45, 2.75) is 40.2 Å². The summed E-state index contributed by atoms with van der Waals surface area (Å²) in [5, 5.41) is 11.0. The molecule has 0 spiro atoms. The Hall–Kier alpha value is -2.95. The Labute approximate surface area is 165 Å². The number of esters is 1. The summed E-state index contributed by atoms with van der Waals surface area (Å²) >= 11 is 0. The van der Waals surface area contributed by atoms with Crippen LogP contribution in [-0.2, 0) is 16.1 Å². The first kappa shape index (κ1) is 19.8. The number of phenols is 1. The summed E-state index contributed by atoms with van der Waals surface area (Å²) in [6.07, 6.45) is 0. The summed E-state index contributed by atoms with van der Waals surface area (Å²) in [7, 11) is 0. The molecule has 0 bridgehead atoms. The number of phenolic OH excluding ortho intramolecular Hbond substituents is 1. The summed E-state index contributed by atoms with van der Waals surface area (Å²) in [4.78, 5) is 11.6. The van der Waals surface area contributed by atoms with Crippen LogP contribution in [0.2, 0.25) is 0 Å². The van der Waals surface area contributed by atoms with Crippen molar-refractivity contribution in [3.8, 4) is 11.5 Å². The highest BCUT2D eigenvalue weighted by atomic mass is 16.6. The zero-order valence-corrected chi connectivity index (χ0v) is 16.9. The second kappa shape index (κ2) is 8.38. The third-order valence-electron chi connectivity index (χ3n) is 4.82. The van der Waals surface area contributed by atoms with E-state index in [9.17, 15) is 9.90 Å². The first-order valence-electron chi connectivity index (χ1n) is 9.59. The molecule has 148 valence electrons. The maximum Gasteiger partial charge on any atom is 0.344 e. The summed E-state index contributed by atoms with van der Waals surface area (Å²) in [5.41, 5.74) is 4.21. The number of aryl methyl sites for hydroxylation is 1. The molecule has 0 unspecified atom stereocenters. The molecule has 28 heavy (non-hydrogen) atoms. The van der Waals surface area contributed by atoms with Crippen molar-refractivity contribution in [1.82, 2.24) is 4.57 Å². The van der Waals surface area contributed by atoms with Gasteiger partial charge >= 0.3 is 5.97 Å². The molecule has 0 radical (unpaired) electrons. The first-order chi connectivity index (χ1) is 13.4. The lowest BCUT2D eigenvalue weighted by atomic mass is 9.99. The zero-order valence-electron chi connectivity index (χ0n) is 16.9. The summed E-state index contributed by atoms with van der Waals surface area (Å²) in [6.45, 7) is 8.90. The van der Waals surface area contributed by atoms with Crippen LogP contribution < -0.4 is 4.74 Å². The zero-order chi connectivity index (χ0) is 20.3. The minimum atomic E-state index is -0.374. The van der Waals surface area contributed by atoms with E-state index in [0.29, 0.717) is 24.7 Å². The summed E-state index contributed by atoms with van der Waals surface area (Å²) < 4.78 is 12.8. The highest BCUT2D eigenvalue weighted by molar-refractivity contribution is 5.88. The van der Waals surface area contributed by atoms with Gasteiger partial charge in [0.15, 0.2) is 6.61 Å². The van der Waals surface area contributed by atoms with E-state index in [1.165, 1.54) is 0 Å². The number of rotatable bonds is 7. The molecule has 0 saturated heterocycles. The number of ether oxygens (including phenoxy) is 2. The number of hydrogen-bond acceptors (Lipinski definition) is 4. The number of carbonyl (C=O) groups excluding carboxylic acids is 1. The average Bonchev–Trinajstić information content (AvgIpc) is 2.97. The first-order valence-corrected chi connectivity index (χ1v) is 9.59. The molecule has 1 N–H and O–H groups in total. The van der Waals surface area contributed by atoms with Gasteiger partial charge in [-0.2, -0.15) is 0 Å². The van der Waals surface area contributed by atoms with E-state index in [-0.39, 0.29) is 18.5 Å². The molecular weight excluding hydrogens is 354 g/mol. The second-order valence-corrected chi connectivity index (χ2v) is 7.20. The predicted molar refractivity (Wildman–Crippen MR) is 110 cm³/mol. The van der Waals surface area contributed by atoms with E-state index in [4.69, 9.17) is 9.47 Å². The third kappa shape index (κ3) is 4.14.